The molecule has 4 saturated carbocycles. The van der Waals surface area contributed by atoms with Crippen molar-refractivity contribution in [3.8, 4) is 0 Å². The molecule has 0 aromatic heterocycles. The Morgan fingerprint density at radius 2 is 1.87 bits per heavy atom. The fraction of sp³-hybridized carbons (Fsp3) is 1.00. The summed E-state index contributed by atoms with van der Waals surface area (Å²) in [4.78, 5) is 0. The average Bonchev–Trinajstić information content (AvgIpc) is 2.10. The van der Waals surface area contributed by atoms with E-state index in [2.05, 4.69) is 0 Å². The third-order valence-electron chi connectivity index (χ3n) is 4.46. The molecule has 2 atom stereocenters. The van der Waals surface area contributed by atoms with Crippen molar-refractivity contribution in [2.24, 2.45) is 11.8 Å². The number of hydrogen-bond donors (Lipinski definition) is 1. The monoisotopic (exact) mass is 212 g/mol. The molecule has 4 rings (SSSR count). The second kappa shape index (κ2) is 3.19. The molecule has 3 heteroatoms. The molecule has 4 fully saturated rings. The van der Waals surface area contributed by atoms with Crippen LogP contribution >= 0.6 is 0 Å². The van der Waals surface area contributed by atoms with Gasteiger partial charge >= 0.3 is 0 Å². The van der Waals surface area contributed by atoms with E-state index in [0.29, 0.717) is 18.6 Å². The van der Waals surface area contributed by atoms with Gasteiger partial charge in [0.05, 0.1) is 11.2 Å². The number of rotatable bonds is 3. The zero-order valence-corrected chi connectivity index (χ0v) is 9.37. The first-order valence-corrected chi connectivity index (χ1v) is 5.98. The maximum absolute atomic E-state index is 10.4. The van der Waals surface area contributed by atoms with E-state index in [1.54, 1.807) is 7.11 Å². The Labute approximate surface area is 90.8 Å². The summed E-state index contributed by atoms with van der Waals surface area (Å²) in [6.45, 7) is 0.371. The molecule has 0 amide bonds. The van der Waals surface area contributed by atoms with E-state index in [1.165, 1.54) is 6.42 Å². The largest absolute Gasteiger partial charge is 0.390 e. The first-order chi connectivity index (χ1) is 7.13. The standard InChI is InChI=1S/C12H20O3/c1-14-8-15-12-5-9-2-10(6-12)4-11(13,3-9)7-12/h9-10,13H,2-8H2,1H3. The number of aliphatic hydroxyl groups is 1. The van der Waals surface area contributed by atoms with Crippen molar-refractivity contribution in [3.63, 3.8) is 0 Å². The van der Waals surface area contributed by atoms with E-state index in [-0.39, 0.29) is 5.60 Å². The Bertz CT molecular complexity index is 250. The highest BCUT2D eigenvalue weighted by Crippen LogP contribution is 2.58. The van der Waals surface area contributed by atoms with Crippen LogP contribution in [0, 0.1) is 11.8 Å². The molecule has 15 heavy (non-hydrogen) atoms. The summed E-state index contributed by atoms with van der Waals surface area (Å²) in [5.74, 6) is 1.38. The molecule has 4 aliphatic rings. The lowest BCUT2D eigenvalue weighted by Gasteiger charge is -2.59. The van der Waals surface area contributed by atoms with Gasteiger partial charge in [0.15, 0.2) is 0 Å². The summed E-state index contributed by atoms with van der Waals surface area (Å²) < 4.78 is 10.9. The molecular weight excluding hydrogens is 192 g/mol. The Hall–Kier alpha value is -0.120. The van der Waals surface area contributed by atoms with Crippen LogP contribution in [0.5, 0.6) is 0 Å². The van der Waals surface area contributed by atoms with Crippen LogP contribution in [0.4, 0.5) is 0 Å². The molecule has 2 unspecified atom stereocenters. The smallest absolute Gasteiger partial charge is 0.147 e. The van der Waals surface area contributed by atoms with Crippen LogP contribution in [0.2, 0.25) is 0 Å². The summed E-state index contributed by atoms with van der Waals surface area (Å²) in [5, 5.41) is 10.4. The second-order valence-electron chi connectivity index (χ2n) is 5.92. The van der Waals surface area contributed by atoms with Crippen molar-refractivity contribution in [2.75, 3.05) is 13.9 Å². The minimum absolute atomic E-state index is 0.0607. The van der Waals surface area contributed by atoms with Gasteiger partial charge in [-0.15, -0.1) is 0 Å². The summed E-state index contributed by atoms with van der Waals surface area (Å²) in [6, 6.07) is 0. The van der Waals surface area contributed by atoms with Crippen LogP contribution < -0.4 is 0 Å². The molecule has 0 radical (unpaired) electrons. The summed E-state index contributed by atoms with van der Waals surface area (Å²) in [6.07, 6.45) is 6.41. The number of hydrogen-bond acceptors (Lipinski definition) is 3. The average molecular weight is 212 g/mol. The van der Waals surface area contributed by atoms with Crippen LogP contribution in [-0.2, 0) is 9.47 Å². The third kappa shape index (κ3) is 1.61. The fourth-order valence-electron chi connectivity index (χ4n) is 4.48. The Morgan fingerprint density at radius 1 is 1.20 bits per heavy atom. The van der Waals surface area contributed by atoms with Crippen LogP contribution in [-0.4, -0.2) is 30.2 Å². The summed E-state index contributed by atoms with van der Waals surface area (Å²) in [7, 11) is 1.66. The highest BCUT2D eigenvalue weighted by molar-refractivity contribution is 5.09. The van der Waals surface area contributed by atoms with Gasteiger partial charge in [-0.05, 0) is 43.9 Å². The van der Waals surface area contributed by atoms with E-state index >= 15 is 0 Å². The van der Waals surface area contributed by atoms with Crippen LogP contribution in [0.3, 0.4) is 0 Å². The maximum atomic E-state index is 10.4. The molecule has 0 heterocycles. The van der Waals surface area contributed by atoms with Crippen LogP contribution in [0.15, 0.2) is 0 Å². The SMILES string of the molecule is COCOC12CC3CC(CC(O)(C3)C1)C2. The van der Waals surface area contributed by atoms with Crippen molar-refractivity contribution >= 4 is 0 Å². The predicted molar refractivity (Wildman–Crippen MR) is 55.3 cm³/mol. The van der Waals surface area contributed by atoms with E-state index in [0.717, 1.165) is 32.1 Å². The number of ether oxygens (including phenoxy) is 2. The molecule has 0 aromatic rings. The molecule has 86 valence electrons. The number of methoxy groups -OCH3 is 1. The van der Waals surface area contributed by atoms with Gasteiger partial charge in [0.1, 0.15) is 6.79 Å². The topological polar surface area (TPSA) is 38.7 Å². The van der Waals surface area contributed by atoms with Crippen LogP contribution in [0.25, 0.3) is 0 Å². The fourth-order valence-corrected chi connectivity index (χ4v) is 4.48. The minimum atomic E-state index is -0.419. The highest BCUT2D eigenvalue weighted by atomic mass is 16.7. The molecule has 0 aromatic carbocycles. The van der Waals surface area contributed by atoms with Crippen molar-refractivity contribution in [1.29, 1.82) is 0 Å². The second-order valence-corrected chi connectivity index (χ2v) is 5.92. The van der Waals surface area contributed by atoms with Gasteiger partial charge in [0, 0.05) is 13.5 Å². The van der Waals surface area contributed by atoms with Gasteiger partial charge in [-0.2, -0.15) is 0 Å². The van der Waals surface area contributed by atoms with Gasteiger partial charge in [0.25, 0.3) is 0 Å². The van der Waals surface area contributed by atoms with Gasteiger partial charge < -0.3 is 14.6 Å². The zero-order valence-electron chi connectivity index (χ0n) is 9.37. The van der Waals surface area contributed by atoms with Crippen LogP contribution in [0.1, 0.15) is 38.5 Å². The Kier molecular flexibility index (Phi) is 2.14. The molecule has 3 nitrogen and oxygen atoms in total. The lowest BCUT2D eigenvalue weighted by molar-refractivity contribution is -0.243. The third-order valence-corrected chi connectivity index (χ3v) is 4.46. The molecule has 1 N–H and O–H groups in total. The molecule has 4 aliphatic carbocycles. The van der Waals surface area contributed by atoms with Gasteiger partial charge in [-0.25, -0.2) is 0 Å². The van der Waals surface area contributed by atoms with E-state index in [1.807, 2.05) is 0 Å². The van der Waals surface area contributed by atoms with E-state index in [9.17, 15) is 5.11 Å². The first-order valence-electron chi connectivity index (χ1n) is 5.98. The van der Waals surface area contributed by atoms with Crippen molar-refractivity contribution in [2.45, 2.75) is 49.7 Å². The molecule has 0 saturated heterocycles. The van der Waals surface area contributed by atoms with Gasteiger partial charge in [-0.3, -0.25) is 0 Å². The minimum Gasteiger partial charge on any atom is -0.390 e. The Balaban J connectivity index is 1.80. The lowest BCUT2D eigenvalue weighted by Crippen LogP contribution is -2.60. The van der Waals surface area contributed by atoms with Gasteiger partial charge in [0.2, 0.25) is 0 Å². The molecule has 4 bridgehead atoms. The first kappa shape index (κ1) is 10.1. The van der Waals surface area contributed by atoms with Crippen molar-refractivity contribution in [3.05, 3.63) is 0 Å². The predicted octanol–water partition coefficient (Wildman–Crippen LogP) is 1.69. The molecule has 0 spiro atoms. The van der Waals surface area contributed by atoms with E-state index in [4.69, 9.17) is 9.47 Å². The Morgan fingerprint density at radius 3 is 2.40 bits per heavy atom. The van der Waals surface area contributed by atoms with E-state index < -0.39 is 5.60 Å². The normalized spacial score (nSPS) is 52.4. The highest BCUT2D eigenvalue weighted by Gasteiger charge is 2.57. The van der Waals surface area contributed by atoms with Crippen molar-refractivity contribution < 1.29 is 14.6 Å². The van der Waals surface area contributed by atoms with Gasteiger partial charge in [-0.1, -0.05) is 0 Å². The quantitative estimate of drug-likeness (QED) is 0.723. The van der Waals surface area contributed by atoms with Crippen molar-refractivity contribution in [1.82, 2.24) is 0 Å². The maximum Gasteiger partial charge on any atom is 0.147 e. The molecule has 0 aliphatic heterocycles. The molecular formula is C12H20O3. The summed E-state index contributed by atoms with van der Waals surface area (Å²) in [5.41, 5.74) is -0.479. The zero-order chi connectivity index (χ0) is 10.5. The summed E-state index contributed by atoms with van der Waals surface area (Å²) >= 11 is 0. The lowest BCUT2D eigenvalue weighted by atomic mass is 9.52.